The molecule has 0 bridgehead atoms. The van der Waals surface area contributed by atoms with Crippen LogP contribution in [-0.2, 0) is 14.3 Å². The van der Waals surface area contributed by atoms with Gasteiger partial charge in [0.1, 0.15) is 6.10 Å². The first-order valence-corrected chi connectivity index (χ1v) is 10.2. The molecule has 8 heteroatoms. The van der Waals surface area contributed by atoms with Crippen molar-refractivity contribution in [2.75, 3.05) is 6.61 Å². The van der Waals surface area contributed by atoms with Crippen molar-refractivity contribution in [2.24, 2.45) is 0 Å². The number of unbranched alkanes of at least 4 members (excludes halogenated alkanes) is 10. The van der Waals surface area contributed by atoms with Crippen LogP contribution in [0.3, 0.4) is 0 Å². The Labute approximate surface area is 166 Å². The van der Waals surface area contributed by atoms with Crippen LogP contribution in [0.15, 0.2) is 11.5 Å². The topological polar surface area (TPSA) is 145 Å². The van der Waals surface area contributed by atoms with Gasteiger partial charge < -0.3 is 30.3 Å². The fourth-order valence-corrected chi connectivity index (χ4v) is 2.76. The molecule has 1 aliphatic heterocycles. The zero-order chi connectivity index (χ0) is 21.4. The first kappa shape index (κ1) is 26.2. The van der Waals surface area contributed by atoms with Crippen LogP contribution in [0.1, 0.15) is 84.0 Å². The Kier molecular flexibility index (Phi) is 15.1. The van der Waals surface area contributed by atoms with Gasteiger partial charge in [-0.15, -0.1) is 0 Å². The number of aliphatic hydroxyl groups is 4. The van der Waals surface area contributed by atoms with Crippen LogP contribution in [0.25, 0.3) is 0 Å². The van der Waals surface area contributed by atoms with Crippen molar-refractivity contribution >= 4 is 11.9 Å². The Morgan fingerprint density at radius 3 is 1.79 bits per heavy atom. The van der Waals surface area contributed by atoms with Gasteiger partial charge in [-0.2, -0.15) is 0 Å². The van der Waals surface area contributed by atoms with Gasteiger partial charge in [0.2, 0.25) is 5.76 Å². The van der Waals surface area contributed by atoms with Crippen LogP contribution in [0, 0.1) is 0 Å². The minimum Gasteiger partial charge on any atom is -0.505 e. The van der Waals surface area contributed by atoms with E-state index in [-0.39, 0.29) is 0 Å². The number of aliphatic hydroxyl groups excluding tert-OH is 4. The van der Waals surface area contributed by atoms with Gasteiger partial charge in [-0.25, -0.2) is 4.79 Å². The maximum Gasteiger partial charge on any atom is 0.377 e. The van der Waals surface area contributed by atoms with Gasteiger partial charge in [0.05, 0.1) is 6.61 Å². The van der Waals surface area contributed by atoms with E-state index in [1.165, 1.54) is 57.8 Å². The van der Waals surface area contributed by atoms with E-state index in [0.29, 0.717) is 6.42 Å². The zero-order valence-electron chi connectivity index (χ0n) is 16.8. The number of ether oxygens (including phenoxy) is 1. The molecular formula is C20H36O8. The summed E-state index contributed by atoms with van der Waals surface area (Å²) in [6.45, 7) is 1.58. The Hall–Kier alpha value is -1.80. The van der Waals surface area contributed by atoms with Crippen molar-refractivity contribution in [2.45, 2.75) is 96.2 Å². The molecule has 28 heavy (non-hydrogen) atoms. The minimum absolute atomic E-state index is 0.344. The van der Waals surface area contributed by atoms with Gasteiger partial charge in [-0.05, 0) is 6.42 Å². The summed E-state index contributed by atoms with van der Waals surface area (Å²) in [6, 6.07) is 0. The second-order valence-electron chi connectivity index (χ2n) is 6.99. The van der Waals surface area contributed by atoms with E-state index in [9.17, 15) is 9.59 Å². The molecule has 0 aromatic heterocycles. The van der Waals surface area contributed by atoms with Crippen molar-refractivity contribution in [1.29, 1.82) is 0 Å². The van der Waals surface area contributed by atoms with Gasteiger partial charge in [0, 0.05) is 6.42 Å². The predicted molar refractivity (Wildman–Crippen MR) is 104 cm³/mol. The highest BCUT2D eigenvalue weighted by atomic mass is 16.6. The molecule has 1 aliphatic rings. The van der Waals surface area contributed by atoms with E-state index in [1.807, 2.05) is 0 Å². The molecule has 0 saturated carbocycles. The Balaban J connectivity index is 0.000000540. The molecule has 5 N–H and O–H groups in total. The third kappa shape index (κ3) is 11.8. The average Bonchev–Trinajstić information content (AvgIpc) is 2.93. The third-order valence-electron chi connectivity index (χ3n) is 4.47. The van der Waals surface area contributed by atoms with Crippen molar-refractivity contribution in [3.63, 3.8) is 0 Å². The summed E-state index contributed by atoms with van der Waals surface area (Å²) < 4.78 is 4.32. The summed E-state index contributed by atoms with van der Waals surface area (Å²) in [7, 11) is 0. The maximum absolute atomic E-state index is 10.5. The molecule has 0 spiro atoms. The van der Waals surface area contributed by atoms with E-state index in [1.54, 1.807) is 0 Å². The molecule has 0 aliphatic carbocycles. The smallest absolute Gasteiger partial charge is 0.377 e. The molecule has 0 amide bonds. The number of carbonyl (C=O) groups is 2. The number of aliphatic carboxylic acids is 1. The Bertz CT molecular complexity index is 475. The van der Waals surface area contributed by atoms with Crippen LogP contribution in [0.4, 0.5) is 0 Å². The molecule has 8 nitrogen and oxygen atoms in total. The van der Waals surface area contributed by atoms with E-state index < -0.39 is 42.3 Å². The molecule has 0 saturated heterocycles. The van der Waals surface area contributed by atoms with Crippen molar-refractivity contribution in [3.8, 4) is 0 Å². The van der Waals surface area contributed by atoms with Crippen LogP contribution in [0.5, 0.6) is 0 Å². The van der Waals surface area contributed by atoms with E-state index in [2.05, 4.69) is 11.7 Å². The maximum atomic E-state index is 10.5. The first-order chi connectivity index (χ1) is 13.3. The molecule has 0 aromatic rings. The summed E-state index contributed by atoms with van der Waals surface area (Å²) in [6.07, 6.45) is 11.6. The lowest BCUT2D eigenvalue weighted by molar-refractivity contribution is -0.147. The van der Waals surface area contributed by atoms with Gasteiger partial charge in [0.25, 0.3) is 0 Å². The van der Waals surface area contributed by atoms with E-state index in [4.69, 9.17) is 25.5 Å². The summed E-state index contributed by atoms with van der Waals surface area (Å²) in [4.78, 5) is 20.8. The molecule has 0 unspecified atom stereocenters. The van der Waals surface area contributed by atoms with Crippen molar-refractivity contribution in [1.82, 2.24) is 0 Å². The number of carbonyl (C=O) groups excluding carboxylic acids is 1. The molecule has 1 heterocycles. The highest BCUT2D eigenvalue weighted by Crippen LogP contribution is 2.20. The first-order valence-electron chi connectivity index (χ1n) is 10.2. The standard InChI is InChI=1S/C14H28O2.C6H8O6/c1-2-3-4-5-6-7-8-9-10-11-12-13-14(15)16;7-1-2(8)5-3(9)4(10)6(11)12-5/h2-13H2,1H3,(H,15,16);2,5,7-10H,1H2/t;2-,5+/m.0/s1. The quantitative estimate of drug-likeness (QED) is 0.219. The highest BCUT2D eigenvalue weighted by Gasteiger charge is 2.38. The predicted octanol–water partition coefficient (Wildman–Crippen LogP) is 3.36. The van der Waals surface area contributed by atoms with E-state index >= 15 is 0 Å². The number of cyclic esters (lactones) is 1. The molecule has 0 fully saturated rings. The molecule has 0 radical (unpaired) electrons. The number of carboxylic acids is 1. The fraction of sp³-hybridized carbons (Fsp3) is 0.800. The minimum atomic E-state index is -1.42. The zero-order valence-corrected chi connectivity index (χ0v) is 16.8. The lowest BCUT2D eigenvalue weighted by atomic mass is 10.1. The monoisotopic (exact) mass is 404 g/mol. The molecule has 1 rings (SSSR count). The van der Waals surface area contributed by atoms with Crippen LogP contribution in [-0.4, -0.2) is 56.3 Å². The number of hydrogen-bond acceptors (Lipinski definition) is 7. The second-order valence-corrected chi connectivity index (χ2v) is 6.99. The molecular weight excluding hydrogens is 368 g/mol. The highest BCUT2D eigenvalue weighted by molar-refractivity contribution is 5.89. The summed E-state index contributed by atoms with van der Waals surface area (Å²) in [5, 5.41) is 43.5. The summed E-state index contributed by atoms with van der Waals surface area (Å²) in [5.74, 6) is -3.44. The fourth-order valence-electron chi connectivity index (χ4n) is 2.76. The molecule has 164 valence electrons. The SMILES string of the molecule is CCCCCCCCCCCCCC(=O)O.O=C1O[C@H]([C@@H](O)CO)C(O)=C1O. The molecule has 0 aromatic carbocycles. The number of rotatable bonds is 14. The van der Waals surface area contributed by atoms with Crippen LogP contribution < -0.4 is 0 Å². The summed E-state index contributed by atoms with van der Waals surface area (Å²) in [5.41, 5.74) is 0. The normalized spacial score (nSPS) is 17.1. The number of hydrogen-bond donors (Lipinski definition) is 5. The van der Waals surface area contributed by atoms with Gasteiger partial charge in [-0.1, -0.05) is 71.1 Å². The third-order valence-corrected chi connectivity index (χ3v) is 4.47. The Morgan fingerprint density at radius 2 is 1.43 bits per heavy atom. The second kappa shape index (κ2) is 16.2. The van der Waals surface area contributed by atoms with Gasteiger partial charge in [0.15, 0.2) is 11.9 Å². The Morgan fingerprint density at radius 1 is 0.964 bits per heavy atom. The summed E-state index contributed by atoms with van der Waals surface area (Å²) >= 11 is 0. The average molecular weight is 405 g/mol. The lowest BCUT2D eigenvalue weighted by Gasteiger charge is -2.13. The number of esters is 1. The van der Waals surface area contributed by atoms with E-state index in [0.717, 1.165) is 12.8 Å². The lowest BCUT2D eigenvalue weighted by Crippen LogP contribution is -2.31. The molecule has 2 atom stereocenters. The number of carboxylic acid groups (broad SMARTS) is 1. The van der Waals surface area contributed by atoms with Crippen LogP contribution >= 0.6 is 0 Å². The van der Waals surface area contributed by atoms with Gasteiger partial charge >= 0.3 is 11.9 Å². The van der Waals surface area contributed by atoms with Crippen molar-refractivity contribution < 1.29 is 39.9 Å². The van der Waals surface area contributed by atoms with Gasteiger partial charge in [-0.3, -0.25) is 4.79 Å². The van der Waals surface area contributed by atoms with Crippen LogP contribution in [0.2, 0.25) is 0 Å². The van der Waals surface area contributed by atoms with Crippen molar-refractivity contribution in [3.05, 3.63) is 11.5 Å². The largest absolute Gasteiger partial charge is 0.505 e.